The number of rotatable bonds is 5. The van der Waals surface area contributed by atoms with E-state index < -0.39 is 0 Å². The molecular weight excluding hydrogens is 216 g/mol. The second-order valence-electron chi connectivity index (χ2n) is 4.25. The van der Waals surface area contributed by atoms with Crippen molar-refractivity contribution >= 4 is 5.82 Å². The number of ether oxygens (including phenoxy) is 1. The summed E-state index contributed by atoms with van der Waals surface area (Å²) in [6, 6.07) is 0.572. The molecule has 1 aromatic heterocycles. The molecule has 1 fully saturated rings. The monoisotopic (exact) mass is 236 g/mol. The normalized spacial score (nSPS) is 19.3. The molecule has 0 amide bonds. The SMILES string of the molecule is CCN(CC1CCCN1)c1cncc(OC)n1. The predicted molar refractivity (Wildman–Crippen MR) is 67.5 cm³/mol. The molecule has 5 nitrogen and oxygen atoms in total. The van der Waals surface area contributed by atoms with E-state index in [0.29, 0.717) is 11.9 Å². The molecule has 1 atom stereocenters. The topological polar surface area (TPSA) is 50.3 Å². The van der Waals surface area contributed by atoms with Gasteiger partial charge >= 0.3 is 0 Å². The molecule has 0 bridgehead atoms. The average Bonchev–Trinajstić information content (AvgIpc) is 2.89. The zero-order chi connectivity index (χ0) is 12.1. The number of hydrogen-bond acceptors (Lipinski definition) is 5. The molecule has 2 heterocycles. The van der Waals surface area contributed by atoms with Gasteiger partial charge in [-0.3, -0.25) is 4.98 Å². The van der Waals surface area contributed by atoms with Crippen molar-refractivity contribution in [1.82, 2.24) is 15.3 Å². The maximum absolute atomic E-state index is 5.10. The van der Waals surface area contributed by atoms with Crippen molar-refractivity contribution in [2.24, 2.45) is 0 Å². The number of nitrogens with one attached hydrogen (secondary N) is 1. The van der Waals surface area contributed by atoms with Gasteiger partial charge in [-0.05, 0) is 26.3 Å². The summed E-state index contributed by atoms with van der Waals surface area (Å²) >= 11 is 0. The second-order valence-corrected chi connectivity index (χ2v) is 4.25. The minimum absolute atomic E-state index is 0.570. The molecule has 2 rings (SSSR count). The standard InChI is InChI=1S/C12H20N4O/c1-3-16(9-10-5-4-6-14-10)11-7-13-8-12(15-11)17-2/h7-8,10,14H,3-6,9H2,1-2H3. The Morgan fingerprint density at radius 3 is 3.06 bits per heavy atom. The summed E-state index contributed by atoms with van der Waals surface area (Å²) in [4.78, 5) is 10.8. The van der Waals surface area contributed by atoms with E-state index in [2.05, 4.69) is 27.1 Å². The van der Waals surface area contributed by atoms with E-state index >= 15 is 0 Å². The first-order chi connectivity index (χ1) is 8.33. The molecule has 1 saturated heterocycles. The van der Waals surface area contributed by atoms with Crippen LogP contribution in [0.15, 0.2) is 12.4 Å². The lowest BCUT2D eigenvalue weighted by Gasteiger charge is -2.25. The molecule has 1 unspecified atom stereocenters. The van der Waals surface area contributed by atoms with Gasteiger partial charge in [0.2, 0.25) is 5.88 Å². The molecule has 1 aromatic rings. The Hall–Kier alpha value is -1.36. The van der Waals surface area contributed by atoms with Crippen molar-refractivity contribution in [3.05, 3.63) is 12.4 Å². The summed E-state index contributed by atoms with van der Waals surface area (Å²) in [6.07, 6.45) is 5.94. The molecule has 17 heavy (non-hydrogen) atoms. The van der Waals surface area contributed by atoms with Crippen LogP contribution in [0.4, 0.5) is 5.82 Å². The van der Waals surface area contributed by atoms with Crippen molar-refractivity contribution in [3.8, 4) is 5.88 Å². The van der Waals surface area contributed by atoms with Gasteiger partial charge in [0, 0.05) is 19.1 Å². The van der Waals surface area contributed by atoms with Gasteiger partial charge in [0.05, 0.1) is 19.5 Å². The number of anilines is 1. The molecule has 5 heteroatoms. The van der Waals surface area contributed by atoms with Crippen molar-refractivity contribution in [3.63, 3.8) is 0 Å². The Morgan fingerprint density at radius 1 is 1.53 bits per heavy atom. The van der Waals surface area contributed by atoms with E-state index in [1.807, 2.05) is 0 Å². The molecule has 1 N–H and O–H groups in total. The molecule has 0 radical (unpaired) electrons. The van der Waals surface area contributed by atoms with E-state index in [-0.39, 0.29) is 0 Å². The molecule has 94 valence electrons. The zero-order valence-electron chi connectivity index (χ0n) is 10.5. The molecule has 0 aromatic carbocycles. The van der Waals surface area contributed by atoms with Crippen LogP contribution in [0.25, 0.3) is 0 Å². The second kappa shape index (κ2) is 5.82. The third kappa shape index (κ3) is 3.06. The summed E-state index contributed by atoms with van der Waals surface area (Å²) < 4.78 is 5.10. The van der Waals surface area contributed by atoms with Crippen LogP contribution >= 0.6 is 0 Å². The Balaban J connectivity index is 2.04. The first-order valence-electron chi connectivity index (χ1n) is 6.18. The highest BCUT2D eigenvalue weighted by molar-refractivity contribution is 5.37. The Bertz CT molecular complexity index is 352. The lowest BCUT2D eigenvalue weighted by molar-refractivity contribution is 0.395. The highest BCUT2D eigenvalue weighted by atomic mass is 16.5. The maximum Gasteiger partial charge on any atom is 0.233 e. The highest BCUT2D eigenvalue weighted by Gasteiger charge is 2.18. The van der Waals surface area contributed by atoms with E-state index in [4.69, 9.17) is 4.74 Å². The van der Waals surface area contributed by atoms with Gasteiger partial charge in [-0.25, -0.2) is 0 Å². The Labute approximate surface area is 102 Å². The van der Waals surface area contributed by atoms with Crippen molar-refractivity contribution in [1.29, 1.82) is 0 Å². The van der Waals surface area contributed by atoms with E-state index in [1.54, 1.807) is 19.5 Å². The maximum atomic E-state index is 5.10. The van der Waals surface area contributed by atoms with Crippen LogP contribution in [0, 0.1) is 0 Å². The minimum Gasteiger partial charge on any atom is -0.480 e. The lowest BCUT2D eigenvalue weighted by atomic mass is 10.2. The van der Waals surface area contributed by atoms with Gasteiger partial charge in [-0.1, -0.05) is 0 Å². The third-order valence-corrected chi connectivity index (χ3v) is 3.12. The summed E-state index contributed by atoms with van der Waals surface area (Å²) in [7, 11) is 1.61. The van der Waals surface area contributed by atoms with Gasteiger partial charge in [0.15, 0.2) is 5.82 Å². The van der Waals surface area contributed by atoms with Crippen LogP contribution in [-0.2, 0) is 0 Å². The highest BCUT2D eigenvalue weighted by Crippen LogP contribution is 2.15. The first-order valence-corrected chi connectivity index (χ1v) is 6.18. The van der Waals surface area contributed by atoms with E-state index in [0.717, 1.165) is 25.5 Å². The third-order valence-electron chi connectivity index (χ3n) is 3.12. The van der Waals surface area contributed by atoms with E-state index in [1.165, 1.54) is 12.8 Å². The van der Waals surface area contributed by atoms with E-state index in [9.17, 15) is 0 Å². The van der Waals surface area contributed by atoms with Crippen LogP contribution in [0.3, 0.4) is 0 Å². The van der Waals surface area contributed by atoms with Gasteiger partial charge in [-0.15, -0.1) is 0 Å². The smallest absolute Gasteiger partial charge is 0.233 e. The number of methoxy groups -OCH3 is 1. The summed E-state index contributed by atoms with van der Waals surface area (Å²) in [5, 5.41) is 3.50. The fraction of sp³-hybridized carbons (Fsp3) is 0.667. The predicted octanol–water partition coefficient (Wildman–Crippen LogP) is 1.06. The number of nitrogens with zero attached hydrogens (tertiary/aromatic N) is 3. The van der Waals surface area contributed by atoms with Crippen molar-refractivity contribution < 1.29 is 4.74 Å². The molecule has 0 saturated carbocycles. The number of aromatic nitrogens is 2. The fourth-order valence-corrected chi connectivity index (χ4v) is 2.15. The molecule has 0 spiro atoms. The van der Waals surface area contributed by atoms with Crippen molar-refractivity contribution in [2.75, 3.05) is 31.6 Å². The van der Waals surface area contributed by atoms with Crippen LogP contribution in [0.5, 0.6) is 5.88 Å². The van der Waals surface area contributed by atoms with Crippen LogP contribution in [-0.4, -0.2) is 42.8 Å². The quantitative estimate of drug-likeness (QED) is 0.828. The molecule has 1 aliphatic heterocycles. The van der Waals surface area contributed by atoms with Crippen LogP contribution in [0.2, 0.25) is 0 Å². The molecular formula is C12H20N4O. The lowest BCUT2D eigenvalue weighted by Crippen LogP contribution is -2.38. The van der Waals surface area contributed by atoms with Gasteiger partial charge in [0.25, 0.3) is 0 Å². The molecule has 1 aliphatic rings. The number of likely N-dealkylation sites (N-methyl/N-ethyl adjacent to an activating group) is 1. The number of hydrogen-bond donors (Lipinski definition) is 1. The Morgan fingerprint density at radius 2 is 2.41 bits per heavy atom. The summed E-state index contributed by atoms with van der Waals surface area (Å²) in [5.41, 5.74) is 0. The van der Waals surface area contributed by atoms with Gasteiger partial charge in [-0.2, -0.15) is 4.98 Å². The fourth-order valence-electron chi connectivity index (χ4n) is 2.15. The minimum atomic E-state index is 0.570. The summed E-state index contributed by atoms with van der Waals surface area (Å²) in [6.45, 7) is 5.18. The molecule has 0 aliphatic carbocycles. The average molecular weight is 236 g/mol. The van der Waals surface area contributed by atoms with Crippen molar-refractivity contribution in [2.45, 2.75) is 25.8 Å². The van der Waals surface area contributed by atoms with Crippen LogP contribution < -0.4 is 15.0 Å². The van der Waals surface area contributed by atoms with Gasteiger partial charge in [0.1, 0.15) is 0 Å². The summed E-state index contributed by atoms with van der Waals surface area (Å²) in [5.74, 6) is 1.46. The largest absolute Gasteiger partial charge is 0.480 e. The first kappa shape index (κ1) is 12.1. The van der Waals surface area contributed by atoms with Gasteiger partial charge < -0.3 is 15.0 Å². The zero-order valence-corrected chi connectivity index (χ0v) is 10.5. The van der Waals surface area contributed by atoms with Crippen LogP contribution in [0.1, 0.15) is 19.8 Å². The Kier molecular flexibility index (Phi) is 4.14.